The van der Waals surface area contributed by atoms with Gasteiger partial charge in [-0.3, -0.25) is 0 Å². The lowest BCUT2D eigenvalue weighted by molar-refractivity contribution is 0.285. The average Bonchev–Trinajstić information content (AvgIpc) is 2.28. The van der Waals surface area contributed by atoms with Gasteiger partial charge in [0.1, 0.15) is 10.7 Å². The van der Waals surface area contributed by atoms with Crippen molar-refractivity contribution < 1.29 is 17.9 Å². The van der Waals surface area contributed by atoms with Crippen LogP contribution in [0.15, 0.2) is 23.1 Å². The molecule has 4 N–H and O–H groups in total. The van der Waals surface area contributed by atoms with E-state index in [9.17, 15) is 12.8 Å². The van der Waals surface area contributed by atoms with Crippen LogP contribution < -0.4 is 10.5 Å². The lowest BCUT2D eigenvalue weighted by Crippen LogP contribution is -2.25. The van der Waals surface area contributed by atoms with Gasteiger partial charge in [-0.2, -0.15) is 0 Å². The Morgan fingerprint density at radius 3 is 2.71 bits per heavy atom. The van der Waals surface area contributed by atoms with Crippen molar-refractivity contribution in [2.24, 2.45) is 0 Å². The highest BCUT2D eigenvalue weighted by molar-refractivity contribution is 7.89. The lowest BCUT2D eigenvalue weighted by atomic mass is 10.3. The molecule has 96 valence electrons. The van der Waals surface area contributed by atoms with E-state index in [1.165, 1.54) is 6.07 Å². The highest BCUT2D eigenvalue weighted by atomic mass is 32.2. The number of rotatable bonds is 6. The Bertz CT molecular complexity index is 476. The van der Waals surface area contributed by atoms with Gasteiger partial charge in [-0.25, -0.2) is 17.5 Å². The summed E-state index contributed by atoms with van der Waals surface area (Å²) in [5, 5.41) is 8.55. The van der Waals surface area contributed by atoms with E-state index in [0.29, 0.717) is 12.8 Å². The molecule has 0 heterocycles. The highest BCUT2D eigenvalue weighted by Gasteiger charge is 2.17. The molecule has 1 rings (SSSR count). The first-order chi connectivity index (χ1) is 7.97. The number of nitrogens with two attached hydrogens (primary N) is 1. The largest absolute Gasteiger partial charge is 0.398 e. The molecular weight excluding hydrogens is 247 g/mol. The molecule has 0 aliphatic heterocycles. The van der Waals surface area contributed by atoms with Crippen LogP contribution in [0.3, 0.4) is 0 Å². The number of aliphatic hydroxyl groups is 1. The molecule has 0 aliphatic carbocycles. The van der Waals surface area contributed by atoms with E-state index in [0.717, 1.165) is 12.1 Å². The zero-order valence-corrected chi connectivity index (χ0v) is 10.0. The van der Waals surface area contributed by atoms with Crippen molar-refractivity contribution in [3.8, 4) is 0 Å². The van der Waals surface area contributed by atoms with Crippen molar-refractivity contribution in [2.75, 3.05) is 18.9 Å². The third-order valence-electron chi connectivity index (χ3n) is 2.14. The van der Waals surface area contributed by atoms with Crippen LogP contribution >= 0.6 is 0 Å². The van der Waals surface area contributed by atoms with Gasteiger partial charge in [0.25, 0.3) is 0 Å². The maximum Gasteiger partial charge on any atom is 0.242 e. The molecule has 1 aromatic rings. The molecule has 0 atom stereocenters. The zero-order chi connectivity index (χ0) is 12.9. The fraction of sp³-hybridized carbons (Fsp3) is 0.400. The Morgan fingerprint density at radius 1 is 1.35 bits per heavy atom. The summed E-state index contributed by atoms with van der Waals surface area (Å²) in [5.41, 5.74) is 5.48. The summed E-state index contributed by atoms with van der Waals surface area (Å²) in [7, 11) is -3.79. The van der Waals surface area contributed by atoms with E-state index in [1.807, 2.05) is 0 Å². The smallest absolute Gasteiger partial charge is 0.242 e. The third kappa shape index (κ3) is 3.95. The molecule has 0 fully saturated rings. The molecule has 5 nitrogen and oxygen atoms in total. The summed E-state index contributed by atoms with van der Waals surface area (Å²) in [6.45, 7) is 0.183. The second kappa shape index (κ2) is 5.95. The van der Waals surface area contributed by atoms with Crippen LogP contribution in [0.5, 0.6) is 0 Å². The van der Waals surface area contributed by atoms with Crippen molar-refractivity contribution >= 4 is 15.7 Å². The van der Waals surface area contributed by atoms with E-state index in [2.05, 4.69) is 4.72 Å². The van der Waals surface area contributed by atoms with Crippen molar-refractivity contribution in [1.82, 2.24) is 4.72 Å². The highest BCUT2D eigenvalue weighted by Crippen LogP contribution is 2.18. The van der Waals surface area contributed by atoms with Crippen LogP contribution in [0.1, 0.15) is 12.8 Å². The van der Waals surface area contributed by atoms with Crippen LogP contribution in [-0.4, -0.2) is 26.7 Å². The van der Waals surface area contributed by atoms with Crippen molar-refractivity contribution in [3.63, 3.8) is 0 Å². The minimum atomic E-state index is -3.79. The van der Waals surface area contributed by atoms with Crippen molar-refractivity contribution in [2.45, 2.75) is 17.7 Å². The normalized spacial score (nSPS) is 11.6. The summed E-state index contributed by atoms with van der Waals surface area (Å²) in [6, 6.07) is 3.18. The molecule has 0 unspecified atom stereocenters. The minimum absolute atomic E-state index is 0.000980. The Kier molecular flexibility index (Phi) is 4.86. The fourth-order valence-corrected chi connectivity index (χ4v) is 2.48. The number of nitrogens with one attached hydrogen (secondary N) is 1. The molecule has 0 bridgehead atoms. The average molecular weight is 262 g/mol. The molecule has 17 heavy (non-hydrogen) atoms. The molecule has 0 radical (unpaired) electrons. The van der Waals surface area contributed by atoms with Crippen molar-refractivity contribution in [3.05, 3.63) is 24.0 Å². The second-order valence-corrected chi connectivity index (χ2v) is 5.25. The van der Waals surface area contributed by atoms with E-state index in [-0.39, 0.29) is 23.7 Å². The first kappa shape index (κ1) is 13.9. The Morgan fingerprint density at radius 2 is 2.06 bits per heavy atom. The van der Waals surface area contributed by atoms with E-state index in [4.69, 9.17) is 10.8 Å². The number of sulfonamides is 1. The molecule has 1 aromatic carbocycles. The number of benzene rings is 1. The number of nitrogen functional groups attached to an aromatic ring is 1. The maximum atomic E-state index is 12.9. The Balaban J connectivity index is 2.79. The SMILES string of the molecule is Nc1ccc(F)cc1S(=O)(=O)NCCCCO. The fourth-order valence-electron chi connectivity index (χ4n) is 1.26. The summed E-state index contributed by atoms with van der Waals surface area (Å²) < 4.78 is 38.7. The summed E-state index contributed by atoms with van der Waals surface area (Å²) in [4.78, 5) is -0.263. The maximum absolute atomic E-state index is 12.9. The standard InChI is InChI=1S/C10H15FN2O3S/c11-8-3-4-9(12)10(7-8)17(15,16)13-5-1-2-6-14/h3-4,7,13-14H,1-2,5-6,12H2. The monoisotopic (exact) mass is 262 g/mol. The number of aliphatic hydroxyl groups excluding tert-OH is 1. The van der Waals surface area contributed by atoms with Crippen LogP contribution in [0.25, 0.3) is 0 Å². The van der Waals surface area contributed by atoms with Gasteiger partial charge in [-0.15, -0.1) is 0 Å². The molecule has 0 saturated carbocycles. The first-order valence-corrected chi connectivity index (χ1v) is 6.61. The molecule has 7 heteroatoms. The predicted molar refractivity (Wildman–Crippen MR) is 62.3 cm³/mol. The van der Waals surface area contributed by atoms with Crippen LogP contribution in [0.4, 0.5) is 10.1 Å². The van der Waals surface area contributed by atoms with Gasteiger partial charge >= 0.3 is 0 Å². The molecular formula is C10H15FN2O3S. The van der Waals surface area contributed by atoms with Crippen LogP contribution in [-0.2, 0) is 10.0 Å². The van der Waals surface area contributed by atoms with Gasteiger partial charge < -0.3 is 10.8 Å². The topological polar surface area (TPSA) is 92.4 Å². The van der Waals surface area contributed by atoms with Gasteiger partial charge in [0.15, 0.2) is 0 Å². The summed E-state index contributed by atoms with van der Waals surface area (Å²) in [5.74, 6) is -0.657. The first-order valence-electron chi connectivity index (χ1n) is 5.13. The van der Waals surface area contributed by atoms with E-state index in [1.54, 1.807) is 0 Å². The number of hydrogen-bond acceptors (Lipinski definition) is 4. The molecule has 0 amide bonds. The third-order valence-corrected chi connectivity index (χ3v) is 3.66. The molecule has 0 aliphatic rings. The molecule has 0 saturated heterocycles. The Labute approximate surface area is 99.5 Å². The van der Waals surface area contributed by atoms with Crippen LogP contribution in [0, 0.1) is 5.82 Å². The molecule has 0 aromatic heterocycles. The van der Waals surface area contributed by atoms with Crippen LogP contribution in [0.2, 0.25) is 0 Å². The molecule has 0 spiro atoms. The van der Waals surface area contributed by atoms with E-state index >= 15 is 0 Å². The second-order valence-electron chi connectivity index (χ2n) is 3.51. The van der Waals surface area contributed by atoms with Gasteiger partial charge in [-0.1, -0.05) is 0 Å². The predicted octanol–water partition coefficient (Wildman–Crippen LogP) is 0.459. The number of anilines is 1. The quantitative estimate of drug-likeness (QED) is 0.513. The van der Waals surface area contributed by atoms with Gasteiger partial charge in [0.2, 0.25) is 10.0 Å². The van der Waals surface area contributed by atoms with Gasteiger partial charge in [0, 0.05) is 13.2 Å². The van der Waals surface area contributed by atoms with E-state index < -0.39 is 15.8 Å². The summed E-state index contributed by atoms with van der Waals surface area (Å²) >= 11 is 0. The Hall–Kier alpha value is -1.18. The lowest BCUT2D eigenvalue weighted by Gasteiger charge is -2.08. The number of unbranched alkanes of at least 4 members (excludes halogenated alkanes) is 1. The van der Waals surface area contributed by atoms with Gasteiger partial charge in [0.05, 0.1) is 5.69 Å². The minimum Gasteiger partial charge on any atom is -0.398 e. The summed E-state index contributed by atoms with van der Waals surface area (Å²) in [6.07, 6.45) is 1.01. The van der Waals surface area contributed by atoms with Crippen molar-refractivity contribution in [1.29, 1.82) is 0 Å². The van der Waals surface area contributed by atoms with Gasteiger partial charge in [-0.05, 0) is 31.0 Å². The number of hydrogen-bond donors (Lipinski definition) is 3. The zero-order valence-electron chi connectivity index (χ0n) is 9.19. The number of halogens is 1.